The van der Waals surface area contributed by atoms with E-state index in [4.69, 9.17) is 27.9 Å². The zero-order valence-electron chi connectivity index (χ0n) is 26.3. The van der Waals surface area contributed by atoms with E-state index in [1.54, 1.807) is 42.5 Å². The molecule has 4 aromatic carbocycles. The van der Waals surface area contributed by atoms with Gasteiger partial charge in [-0.15, -0.1) is 0 Å². The molecule has 0 heterocycles. The summed E-state index contributed by atoms with van der Waals surface area (Å²) in [6.45, 7) is 3.57. The van der Waals surface area contributed by atoms with Crippen LogP contribution in [0.15, 0.2) is 100 Å². The first-order valence-corrected chi connectivity index (χ1v) is 17.9. The zero-order chi connectivity index (χ0) is 34.1. The highest BCUT2D eigenvalue weighted by Gasteiger charge is 2.35. The van der Waals surface area contributed by atoms with Gasteiger partial charge >= 0.3 is 0 Å². The van der Waals surface area contributed by atoms with Crippen molar-refractivity contribution in [3.8, 4) is 5.75 Å². The molecule has 1 N–H and O–H groups in total. The number of amides is 2. The van der Waals surface area contributed by atoms with E-state index in [-0.39, 0.29) is 29.5 Å². The number of nitrogens with zero attached hydrogens (tertiary/aromatic N) is 2. The van der Waals surface area contributed by atoms with E-state index in [9.17, 15) is 18.0 Å². The van der Waals surface area contributed by atoms with Crippen molar-refractivity contribution >= 4 is 66.7 Å². The molecule has 47 heavy (non-hydrogen) atoms. The van der Waals surface area contributed by atoms with Gasteiger partial charge in [-0.1, -0.05) is 84.2 Å². The predicted molar refractivity (Wildman–Crippen MR) is 191 cm³/mol. The quantitative estimate of drug-likeness (QED) is 0.144. The third-order valence-corrected chi connectivity index (χ3v) is 10.5. The summed E-state index contributed by atoms with van der Waals surface area (Å²) in [5.41, 5.74) is 2.58. The van der Waals surface area contributed by atoms with Crippen LogP contribution in [0.1, 0.15) is 30.0 Å². The Kier molecular flexibility index (Phi) is 12.7. The van der Waals surface area contributed by atoms with E-state index in [1.807, 2.05) is 44.2 Å². The molecule has 0 unspecified atom stereocenters. The Hall–Kier alpha value is -3.57. The van der Waals surface area contributed by atoms with Crippen LogP contribution in [-0.2, 0) is 32.6 Å². The van der Waals surface area contributed by atoms with E-state index in [1.165, 1.54) is 30.2 Å². The number of hydrogen-bond donors (Lipinski definition) is 1. The highest BCUT2D eigenvalue weighted by Crippen LogP contribution is 2.31. The molecule has 12 heteroatoms. The number of carbonyl (C=O) groups excluding carboxylic acids is 2. The fourth-order valence-corrected chi connectivity index (χ4v) is 7.53. The van der Waals surface area contributed by atoms with Gasteiger partial charge in [-0.2, -0.15) is 0 Å². The minimum Gasteiger partial charge on any atom is -0.496 e. The summed E-state index contributed by atoms with van der Waals surface area (Å²) in [6, 6.07) is 24.5. The van der Waals surface area contributed by atoms with Crippen molar-refractivity contribution in [1.29, 1.82) is 0 Å². The van der Waals surface area contributed by atoms with E-state index in [0.717, 1.165) is 15.4 Å². The van der Waals surface area contributed by atoms with Crippen LogP contribution < -0.4 is 14.4 Å². The SMILES string of the molecule is CCCNC(=O)[C@H](Cc1ccccc1)N(Cc1ccc(Cl)cc1Cl)C(=O)CN(c1ccc(C)cc1)S(=O)(=O)c1ccc(OC)c(Br)c1. The monoisotopic (exact) mass is 759 g/mol. The molecule has 4 aromatic rings. The second-order valence-corrected chi connectivity index (χ2v) is 14.5. The molecular weight excluding hydrogens is 725 g/mol. The van der Waals surface area contributed by atoms with Crippen LogP contribution in [0.5, 0.6) is 5.75 Å². The van der Waals surface area contributed by atoms with Gasteiger partial charge < -0.3 is 15.0 Å². The number of methoxy groups -OCH3 is 1. The molecule has 0 radical (unpaired) electrons. The molecule has 0 aliphatic heterocycles. The number of benzene rings is 4. The van der Waals surface area contributed by atoms with Crippen LogP contribution in [0.25, 0.3) is 0 Å². The number of rotatable bonds is 14. The van der Waals surface area contributed by atoms with E-state index >= 15 is 0 Å². The first kappa shape index (κ1) is 36.3. The smallest absolute Gasteiger partial charge is 0.264 e. The lowest BCUT2D eigenvalue weighted by molar-refractivity contribution is -0.140. The van der Waals surface area contributed by atoms with E-state index < -0.39 is 28.5 Å². The summed E-state index contributed by atoms with van der Waals surface area (Å²) in [5.74, 6) is -0.506. The van der Waals surface area contributed by atoms with Gasteiger partial charge in [0, 0.05) is 29.6 Å². The van der Waals surface area contributed by atoms with Crippen molar-refractivity contribution in [3.63, 3.8) is 0 Å². The Bertz CT molecular complexity index is 1810. The van der Waals surface area contributed by atoms with Gasteiger partial charge in [0.05, 0.1) is 22.2 Å². The second kappa shape index (κ2) is 16.5. The fraction of sp³-hybridized carbons (Fsp3) is 0.257. The maximum Gasteiger partial charge on any atom is 0.264 e. The van der Waals surface area contributed by atoms with Crippen LogP contribution >= 0.6 is 39.1 Å². The molecule has 0 bridgehead atoms. The van der Waals surface area contributed by atoms with Crippen molar-refractivity contribution in [1.82, 2.24) is 10.2 Å². The van der Waals surface area contributed by atoms with Crippen molar-refractivity contribution in [2.24, 2.45) is 0 Å². The highest BCUT2D eigenvalue weighted by molar-refractivity contribution is 9.10. The number of halogens is 3. The first-order chi connectivity index (χ1) is 22.4. The van der Waals surface area contributed by atoms with E-state index in [2.05, 4.69) is 21.2 Å². The summed E-state index contributed by atoms with van der Waals surface area (Å²) in [7, 11) is -2.81. The Morgan fingerprint density at radius 3 is 2.28 bits per heavy atom. The van der Waals surface area contributed by atoms with Gasteiger partial charge in [0.2, 0.25) is 11.8 Å². The van der Waals surface area contributed by atoms with Crippen LogP contribution in [0, 0.1) is 6.92 Å². The van der Waals surface area contributed by atoms with Gasteiger partial charge in [-0.3, -0.25) is 13.9 Å². The molecule has 0 aliphatic carbocycles. The van der Waals surface area contributed by atoms with Crippen LogP contribution in [0.3, 0.4) is 0 Å². The van der Waals surface area contributed by atoms with Gasteiger partial charge in [0.25, 0.3) is 10.0 Å². The standard InChI is InChI=1S/C35H36BrCl2N3O5S/c1-4-18-39-35(43)32(19-25-8-6-5-7-9-25)40(22-26-12-13-27(37)20-31(26)38)34(42)23-41(28-14-10-24(2)11-15-28)47(44,45)29-16-17-33(46-3)30(36)21-29/h5-17,20-21,32H,4,18-19,22-23H2,1-3H3,(H,39,43)/t32-/m0/s1. The number of sulfonamides is 1. The van der Waals surface area contributed by atoms with Crippen molar-refractivity contribution in [2.45, 2.75) is 44.2 Å². The normalized spacial score (nSPS) is 11.9. The third kappa shape index (κ3) is 9.28. The summed E-state index contributed by atoms with van der Waals surface area (Å²) >= 11 is 16.1. The molecule has 2 amide bonds. The number of carbonyl (C=O) groups is 2. The molecule has 8 nitrogen and oxygen atoms in total. The fourth-order valence-electron chi connectivity index (χ4n) is 4.93. The molecule has 0 spiro atoms. The molecule has 0 aromatic heterocycles. The van der Waals surface area contributed by atoms with Crippen molar-refractivity contribution < 1.29 is 22.7 Å². The lowest BCUT2D eigenvalue weighted by atomic mass is 10.0. The minimum absolute atomic E-state index is 0.0487. The molecule has 0 aliphatic rings. The first-order valence-electron chi connectivity index (χ1n) is 14.9. The molecule has 0 fully saturated rings. The van der Waals surface area contributed by atoms with Crippen molar-refractivity contribution in [3.05, 3.63) is 122 Å². The maximum absolute atomic E-state index is 14.6. The molecule has 1 atom stereocenters. The summed E-state index contributed by atoms with van der Waals surface area (Å²) in [6.07, 6.45) is 0.883. The Morgan fingerprint density at radius 2 is 1.66 bits per heavy atom. The third-order valence-electron chi connectivity index (χ3n) is 7.49. The molecule has 4 rings (SSSR count). The van der Waals surface area contributed by atoms with Crippen LogP contribution in [-0.4, -0.2) is 51.4 Å². The average molecular weight is 762 g/mol. The van der Waals surface area contributed by atoms with Gasteiger partial charge in [-0.25, -0.2) is 8.42 Å². The van der Waals surface area contributed by atoms with E-state index in [0.29, 0.717) is 38.8 Å². The lowest BCUT2D eigenvalue weighted by Crippen LogP contribution is -2.53. The van der Waals surface area contributed by atoms with Crippen molar-refractivity contribution in [2.75, 3.05) is 24.5 Å². The predicted octanol–water partition coefficient (Wildman–Crippen LogP) is 7.43. The number of hydrogen-bond acceptors (Lipinski definition) is 5. The maximum atomic E-state index is 14.6. The highest BCUT2D eigenvalue weighted by atomic mass is 79.9. The number of aryl methyl sites for hydroxylation is 1. The summed E-state index contributed by atoms with van der Waals surface area (Å²) in [5, 5.41) is 3.66. The lowest BCUT2D eigenvalue weighted by Gasteiger charge is -2.34. The summed E-state index contributed by atoms with van der Waals surface area (Å²) in [4.78, 5) is 29.7. The number of anilines is 1. The Balaban J connectivity index is 1.83. The van der Waals surface area contributed by atoms with Gasteiger partial charge in [0.15, 0.2) is 0 Å². The molecule has 0 saturated carbocycles. The largest absolute Gasteiger partial charge is 0.496 e. The topological polar surface area (TPSA) is 96.0 Å². The zero-order valence-corrected chi connectivity index (χ0v) is 30.2. The Labute approximate surface area is 294 Å². The molecule has 0 saturated heterocycles. The number of ether oxygens (including phenoxy) is 1. The minimum atomic E-state index is -4.29. The molecular formula is C35H36BrCl2N3O5S. The average Bonchev–Trinajstić information content (AvgIpc) is 3.05. The summed E-state index contributed by atoms with van der Waals surface area (Å²) < 4.78 is 35.4. The molecule has 248 valence electrons. The number of nitrogens with one attached hydrogen (secondary N) is 1. The van der Waals surface area contributed by atoms with Crippen LogP contribution in [0.4, 0.5) is 5.69 Å². The van der Waals surface area contributed by atoms with Crippen LogP contribution in [0.2, 0.25) is 10.0 Å². The Morgan fingerprint density at radius 1 is 0.957 bits per heavy atom. The van der Waals surface area contributed by atoms with Gasteiger partial charge in [0.1, 0.15) is 18.3 Å². The second-order valence-electron chi connectivity index (χ2n) is 10.9. The van der Waals surface area contributed by atoms with Gasteiger partial charge in [-0.05, 0) is 82.9 Å².